The SMILES string of the molecule is O=C(COc1c(Br)cc(C=Nn2c(=O)[nH]c3ccccc3c2=O)cc1Br)Nc1ccc(F)cc1. The fourth-order valence-electron chi connectivity index (χ4n) is 3.04. The van der Waals surface area contributed by atoms with E-state index in [-0.39, 0.29) is 6.61 Å². The van der Waals surface area contributed by atoms with Crippen LogP contribution in [0, 0.1) is 5.82 Å². The second-order valence-corrected chi connectivity index (χ2v) is 8.70. The lowest BCUT2D eigenvalue weighted by atomic mass is 10.2. The molecule has 0 bridgehead atoms. The molecule has 3 aromatic carbocycles. The van der Waals surface area contributed by atoms with E-state index < -0.39 is 23.0 Å². The molecule has 0 saturated heterocycles. The first kappa shape index (κ1) is 23.6. The number of hydrogen-bond acceptors (Lipinski definition) is 5. The topological polar surface area (TPSA) is 106 Å². The lowest BCUT2D eigenvalue weighted by molar-refractivity contribution is -0.118. The molecule has 1 aromatic heterocycles. The third kappa shape index (κ3) is 5.32. The van der Waals surface area contributed by atoms with Crippen LogP contribution < -0.4 is 21.3 Å². The molecule has 34 heavy (non-hydrogen) atoms. The molecule has 4 aromatic rings. The van der Waals surface area contributed by atoms with Crippen LogP contribution in [0.4, 0.5) is 10.1 Å². The summed E-state index contributed by atoms with van der Waals surface area (Å²) in [6.45, 7) is -0.288. The number of nitrogens with zero attached hydrogens (tertiary/aromatic N) is 2. The predicted molar refractivity (Wildman–Crippen MR) is 134 cm³/mol. The zero-order chi connectivity index (χ0) is 24.2. The van der Waals surface area contributed by atoms with Crippen molar-refractivity contribution in [3.8, 4) is 5.75 Å². The van der Waals surface area contributed by atoms with Crippen molar-refractivity contribution in [1.82, 2.24) is 9.66 Å². The van der Waals surface area contributed by atoms with Gasteiger partial charge in [0, 0.05) is 5.69 Å². The summed E-state index contributed by atoms with van der Waals surface area (Å²) < 4.78 is 20.3. The zero-order valence-electron chi connectivity index (χ0n) is 17.2. The average molecular weight is 590 g/mol. The highest BCUT2D eigenvalue weighted by Gasteiger charge is 2.12. The van der Waals surface area contributed by atoms with Crippen LogP contribution >= 0.6 is 31.9 Å². The molecule has 0 aliphatic heterocycles. The van der Waals surface area contributed by atoms with Gasteiger partial charge >= 0.3 is 5.69 Å². The molecular formula is C23H15Br2FN4O4. The number of rotatable bonds is 6. The van der Waals surface area contributed by atoms with Crippen molar-refractivity contribution in [1.29, 1.82) is 0 Å². The molecule has 0 spiro atoms. The van der Waals surface area contributed by atoms with Crippen LogP contribution in [0.1, 0.15) is 5.56 Å². The number of fused-ring (bicyclic) bond motifs is 1. The van der Waals surface area contributed by atoms with E-state index in [1.54, 1.807) is 36.4 Å². The Labute approximate surface area is 208 Å². The summed E-state index contributed by atoms with van der Waals surface area (Å²) in [6, 6.07) is 15.3. The van der Waals surface area contributed by atoms with Crippen LogP contribution in [0.5, 0.6) is 5.75 Å². The number of hydrogen-bond donors (Lipinski definition) is 2. The number of benzene rings is 3. The fraction of sp³-hybridized carbons (Fsp3) is 0.0435. The zero-order valence-corrected chi connectivity index (χ0v) is 20.4. The summed E-state index contributed by atoms with van der Waals surface area (Å²) in [5, 5.41) is 6.97. The predicted octanol–water partition coefficient (Wildman–Crippen LogP) is 4.25. The number of para-hydroxylation sites is 1. The molecule has 1 amide bonds. The molecule has 2 N–H and O–H groups in total. The smallest absolute Gasteiger partial charge is 0.349 e. The molecule has 172 valence electrons. The summed E-state index contributed by atoms with van der Waals surface area (Å²) in [6.07, 6.45) is 1.35. The van der Waals surface area contributed by atoms with Crippen LogP contribution in [0.2, 0.25) is 0 Å². The van der Waals surface area contributed by atoms with E-state index in [9.17, 15) is 18.8 Å². The molecule has 8 nitrogen and oxygen atoms in total. The Bertz CT molecular complexity index is 1510. The van der Waals surface area contributed by atoms with Crippen molar-refractivity contribution in [3.05, 3.63) is 102 Å². The maximum atomic E-state index is 13.0. The highest BCUT2D eigenvalue weighted by molar-refractivity contribution is 9.11. The van der Waals surface area contributed by atoms with Gasteiger partial charge in [-0.3, -0.25) is 9.59 Å². The molecule has 0 saturated carbocycles. The van der Waals surface area contributed by atoms with Crippen molar-refractivity contribution in [3.63, 3.8) is 0 Å². The Morgan fingerprint density at radius 1 is 1.09 bits per heavy atom. The van der Waals surface area contributed by atoms with Crippen molar-refractivity contribution in [2.75, 3.05) is 11.9 Å². The summed E-state index contributed by atoms with van der Waals surface area (Å²) in [7, 11) is 0. The number of nitrogens with one attached hydrogen (secondary N) is 2. The lowest BCUT2D eigenvalue weighted by Gasteiger charge is -2.11. The van der Waals surface area contributed by atoms with E-state index in [2.05, 4.69) is 47.3 Å². The second-order valence-electron chi connectivity index (χ2n) is 6.99. The van der Waals surface area contributed by atoms with Gasteiger partial charge < -0.3 is 15.0 Å². The summed E-state index contributed by atoms with van der Waals surface area (Å²) in [5.74, 6) is -0.459. The molecule has 0 atom stereocenters. The van der Waals surface area contributed by atoms with Crippen LogP contribution in [0.25, 0.3) is 10.9 Å². The standard InChI is InChI=1S/C23H15Br2FN4O4/c24-17-9-13(11-27-30-22(32)16-3-1-2-4-19(16)29-23(30)33)10-18(25)21(17)34-12-20(31)28-15-7-5-14(26)6-8-15/h1-11H,12H2,(H,28,31)(H,29,33). The maximum absolute atomic E-state index is 13.0. The Morgan fingerprint density at radius 2 is 1.76 bits per heavy atom. The summed E-state index contributed by atoms with van der Waals surface area (Å²) in [4.78, 5) is 39.6. The van der Waals surface area contributed by atoms with Gasteiger partial charge in [-0.25, -0.2) is 9.18 Å². The van der Waals surface area contributed by atoms with E-state index in [1.165, 1.54) is 30.5 Å². The number of halogens is 3. The maximum Gasteiger partial charge on any atom is 0.349 e. The number of anilines is 1. The van der Waals surface area contributed by atoms with Crippen LogP contribution in [0.15, 0.2) is 84.3 Å². The largest absolute Gasteiger partial charge is 0.481 e. The highest BCUT2D eigenvalue weighted by atomic mass is 79.9. The lowest BCUT2D eigenvalue weighted by Crippen LogP contribution is -2.32. The number of H-pyrrole nitrogens is 1. The Balaban J connectivity index is 1.49. The molecule has 0 radical (unpaired) electrons. The van der Waals surface area contributed by atoms with Gasteiger partial charge in [-0.2, -0.15) is 5.10 Å². The molecule has 4 rings (SSSR count). The number of ether oxygens (including phenoxy) is 1. The first-order valence-corrected chi connectivity index (χ1v) is 11.4. The normalized spacial score (nSPS) is 11.1. The van der Waals surface area contributed by atoms with Crippen molar-refractivity contribution in [2.24, 2.45) is 5.10 Å². The molecule has 1 heterocycles. The molecule has 0 fully saturated rings. The minimum absolute atomic E-state index is 0.288. The van der Waals surface area contributed by atoms with E-state index >= 15 is 0 Å². The molecule has 0 unspecified atom stereocenters. The number of aromatic amines is 1. The quantitative estimate of drug-likeness (QED) is 0.328. The first-order valence-electron chi connectivity index (χ1n) is 9.77. The molecule has 0 aliphatic carbocycles. The first-order chi connectivity index (χ1) is 16.3. The minimum Gasteiger partial charge on any atom is -0.481 e. The Kier molecular flexibility index (Phi) is 7.03. The van der Waals surface area contributed by atoms with Crippen molar-refractivity contribution < 1.29 is 13.9 Å². The summed E-state index contributed by atoms with van der Waals surface area (Å²) in [5.41, 5.74) is 0.227. The van der Waals surface area contributed by atoms with E-state index in [0.29, 0.717) is 36.8 Å². The Hall–Kier alpha value is -3.57. The molecule has 11 heteroatoms. The van der Waals surface area contributed by atoms with E-state index in [4.69, 9.17) is 4.74 Å². The van der Waals surface area contributed by atoms with Crippen molar-refractivity contribution >= 4 is 60.6 Å². The van der Waals surface area contributed by atoms with Gasteiger partial charge in [0.05, 0.1) is 26.1 Å². The van der Waals surface area contributed by atoms with Gasteiger partial charge in [0.2, 0.25) is 0 Å². The van der Waals surface area contributed by atoms with Crippen LogP contribution in [-0.4, -0.2) is 28.4 Å². The van der Waals surface area contributed by atoms with Gasteiger partial charge in [-0.1, -0.05) is 12.1 Å². The third-order valence-corrected chi connectivity index (χ3v) is 5.78. The molecular weight excluding hydrogens is 575 g/mol. The third-order valence-electron chi connectivity index (χ3n) is 4.60. The van der Waals surface area contributed by atoms with Crippen LogP contribution in [0.3, 0.4) is 0 Å². The highest BCUT2D eigenvalue weighted by Crippen LogP contribution is 2.34. The minimum atomic E-state index is -0.662. The van der Waals surface area contributed by atoms with Gasteiger partial charge in [0.15, 0.2) is 6.61 Å². The van der Waals surface area contributed by atoms with Crippen LogP contribution in [-0.2, 0) is 4.79 Å². The van der Waals surface area contributed by atoms with Gasteiger partial charge in [0.25, 0.3) is 11.5 Å². The van der Waals surface area contributed by atoms with Crippen molar-refractivity contribution in [2.45, 2.75) is 0 Å². The second kappa shape index (κ2) is 10.1. The van der Waals surface area contributed by atoms with Gasteiger partial charge in [-0.05, 0) is 86.0 Å². The van der Waals surface area contributed by atoms with E-state index in [0.717, 1.165) is 4.68 Å². The number of carbonyl (C=O) groups excluding carboxylic acids is 1. The monoisotopic (exact) mass is 588 g/mol. The molecule has 0 aliphatic rings. The number of carbonyl (C=O) groups is 1. The average Bonchev–Trinajstić information content (AvgIpc) is 2.80. The number of amides is 1. The van der Waals surface area contributed by atoms with Gasteiger partial charge in [-0.15, -0.1) is 4.68 Å². The summed E-state index contributed by atoms with van der Waals surface area (Å²) >= 11 is 6.77. The fourth-order valence-corrected chi connectivity index (χ4v) is 4.49. The Morgan fingerprint density at radius 3 is 2.47 bits per heavy atom. The van der Waals surface area contributed by atoms with Gasteiger partial charge in [0.1, 0.15) is 11.6 Å². The van der Waals surface area contributed by atoms with E-state index in [1.807, 2.05) is 0 Å². The number of aromatic nitrogens is 2.